The summed E-state index contributed by atoms with van der Waals surface area (Å²) in [6, 6.07) is 9.26. The van der Waals surface area contributed by atoms with E-state index in [1.54, 1.807) is 44.2 Å². The van der Waals surface area contributed by atoms with E-state index < -0.39 is 11.9 Å². The fourth-order valence-corrected chi connectivity index (χ4v) is 2.81. The van der Waals surface area contributed by atoms with Crippen LogP contribution in [-0.2, 0) is 4.74 Å². The molecule has 3 aromatic rings. The van der Waals surface area contributed by atoms with Crippen molar-refractivity contribution < 1.29 is 23.8 Å². The Labute approximate surface area is 148 Å². The smallest absolute Gasteiger partial charge is 0.339 e. The van der Waals surface area contributed by atoms with Gasteiger partial charge in [0, 0.05) is 11.6 Å². The second kappa shape index (κ2) is 6.48. The number of esters is 1. The second-order valence-corrected chi connectivity index (χ2v) is 5.92. The lowest BCUT2D eigenvalue weighted by atomic mass is 9.99. The third-order valence-corrected chi connectivity index (χ3v) is 4.34. The van der Waals surface area contributed by atoms with Gasteiger partial charge in [0.05, 0.1) is 18.1 Å². The molecular formula is C20H16O6. The lowest BCUT2D eigenvalue weighted by Crippen LogP contribution is -2.08. The van der Waals surface area contributed by atoms with Gasteiger partial charge in [0.1, 0.15) is 11.3 Å². The van der Waals surface area contributed by atoms with Crippen LogP contribution in [0.25, 0.3) is 22.3 Å². The molecule has 0 amide bonds. The molecule has 2 aromatic carbocycles. The highest BCUT2D eigenvalue weighted by Crippen LogP contribution is 2.28. The first-order valence-electron chi connectivity index (χ1n) is 7.83. The Morgan fingerprint density at radius 2 is 1.73 bits per heavy atom. The zero-order valence-electron chi connectivity index (χ0n) is 14.5. The molecule has 6 nitrogen and oxygen atoms in total. The van der Waals surface area contributed by atoms with Gasteiger partial charge in [-0.25, -0.2) is 9.59 Å². The number of carbonyl (C=O) groups is 2. The SMILES string of the molecule is COC(=O)c1ccc(-c2cc(=O)c3cc(C)c(C)c(C(=O)O)c3o2)cc1. The number of benzene rings is 2. The lowest BCUT2D eigenvalue weighted by molar-refractivity contribution is 0.0599. The number of hydrogen-bond donors (Lipinski definition) is 1. The first-order chi connectivity index (χ1) is 12.3. The maximum absolute atomic E-state index is 12.5. The van der Waals surface area contributed by atoms with Crippen LogP contribution in [0.2, 0.25) is 0 Å². The van der Waals surface area contributed by atoms with E-state index in [2.05, 4.69) is 4.74 Å². The van der Waals surface area contributed by atoms with Crippen molar-refractivity contribution in [3.05, 3.63) is 68.9 Å². The second-order valence-electron chi connectivity index (χ2n) is 5.92. The zero-order valence-corrected chi connectivity index (χ0v) is 14.5. The van der Waals surface area contributed by atoms with Crippen LogP contribution in [0.15, 0.2) is 45.6 Å². The fourth-order valence-electron chi connectivity index (χ4n) is 2.81. The molecule has 132 valence electrons. The molecular weight excluding hydrogens is 336 g/mol. The number of rotatable bonds is 3. The Kier molecular flexibility index (Phi) is 4.34. The topological polar surface area (TPSA) is 93.8 Å². The van der Waals surface area contributed by atoms with Gasteiger partial charge in [0.2, 0.25) is 0 Å². The number of carbonyl (C=O) groups excluding carboxylic acids is 1. The summed E-state index contributed by atoms with van der Waals surface area (Å²) in [5.74, 6) is -1.40. The summed E-state index contributed by atoms with van der Waals surface area (Å²) in [5, 5.41) is 9.77. The monoisotopic (exact) mass is 352 g/mol. The first-order valence-corrected chi connectivity index (χ1v) is 7.83. The minimum Gasteiger partial charge on any atom is -0.478 e. The molecule has 0 spiro atoms. The Hall–Kier alpha value is -3.41. The van der Waals surface area contributed by atoms with Crippen molar-refractivity contribution in [3.63, 3.8) is 0 Å². The van der Waals surface area contributed by atoms with Crippen LogP contribution in [0.1, 0.15) is 31.8 Å². The highest BCUT2D eigenvalue weighted by atomic mass is 16.5. The zero-order chi connectivity index (χ0) is 19.0. The third-order valence-electron chi connectivity index (χ3n) is 4.34. The molecule has 26 heavy (non-hydrogen) atoms. The van der Waals surface area contributed by atoms with Gasteiger partial charge in [-0.2, -0.15) is 0 Å². The molecule has 6 heteroatoms. The molecule has 0 unspecified atom stereocenters. The van der Waals surface area contributed by atoms with Crippen LogP contribution in [-0.4, -0.2) is 24.2 Å². The maximum atomic E-state index is 12.5. The minimum atomic E-state index is -1.16. The molecule has 0 fully saturated rings. The summed E-state index contributed by atoms with van der Waals surface area (Å²) in [6.07, 6.45) is 0. The van der Waals surface area contributed by atoms with Crippen molar-refractivity contribution in [2.45, 2.75) is 13.8 Å². The van der Waals surface area contributed by atoms with Crippen LogP contribution >= 0.6 is 0 Å². The minimum absolute atomic E-state index is 0.0230. The standard InChI is InChI=1S/C20H16O6/c1-10-8-14-15(21)9-16(26-18(14)17(11(10)2)19(22)23)12-4-6-13(7-5-12)20(24)25-3/h4-9H,1-3H3,(H,22,23). The Morgan fingerprint density at radius 1 is 1.08 bits per heavy atom. The van der Waals surface area contributed by atoms with Crippen LogP contribution in [0.5, 0.6) is 0 Å². The van der Waals surface area contributed by atoms with E-state index in [4.69, 9.17) is 4.42 Å². The Balaban J connectivity index is 2.24. The summed E-state index contributed by atoms with van der Waals surface area (Å²) < 4.78 is 10.4. The largest absolute Gasteiger partial charge is 0.478 e. The number of fused-ring (bicyclic) bond motifs is 1. The lowest BCUT2D eigenvalue weighted by Gasteiger charge is -2.10. The number of ether oxygens (including phenoxy) is 1. The molecule has 0 aliphatic rings. The molecule has 0 saturated carbocycles. The summed E-state index contributed by atoms with van der Waals surface area (Å²) >= 11 is 0. The summed E-state index contributed by atoms with van der Waals surface area (Å²) in [5.41, 5.74) is 1.85. The molecule has 1 heterocycles. The molecule has 0 aliphatic carbocycles. The van der Waals surface area contributed by atoms with Gasteiger partial charge < -0.3 is 14.3 Å². The number of hydrogen-bond acceptors (Lipinski definition) is 5. The van der Waals surface area contributed by atoms with Crippen LogP contribution < -0.4 is 5.43 Å². The van der Waals surface area contributed by atoms with Crippen molar-refractivity contribution in [1.29, 1.82) is 0 Å². The van der Waals surface area contributed by atoms with E-state index >= 15 is 0 Å². The van der Waals surface area contributed by atoms with E-state index in [0.29, 0.717) is 22.3 Å². The van der Waals surface area contributed by atoms with Gasteiger partial charge in [-0.15, -0.1) is 0 Å². The maximum Gasteiger partial charge on any atom is 0.339 e. The van der Waals surface area contributed by atoms with E-state index in [9.17, 15) is 19.5 Å². The molecule has 0 bridgehead atoms. The number of aromatic carboxylic acids is 1. The van der Waals surface area contributed by atoms with Gasteiger partial charge in [-0.1, -0.05) is 12.1 Å². The molecule has 1 aromatic heterocycles. The van der Waals surface area contributed by atoms with Crippen LogP contribution in [0.4, 0.5) is 0 Å². The fraction of sp³-hybridized carbons (Fsp3) is 0.150. The quantitative estimate of drug-likeness (QED) is 0.724. The normalized spacial score (nSPS) is 10.7. The Morgan fingerprint density at radius 3 is 2.31 bits per heavy atom. The van der Waals surface area contributed by atoms with Crippen molar-refractivity contribution in [1.82, 2.24) is 0 Å². The van der Waals surface area contributed by atoms with Crippen molar-refractivity contribution in [2.24, 2.45) is 0 Å². The summed E-state index contributed by atoms with van der Waals surface area (Å²) in [4.78, 5) is 35.7. The van der Waals surface area contributed by atoms with Gasteiger partial charge in [-0.3, -0.25) is 4.79 Å². The highest BCUT2D eigenvalue weighted by molar-refractivity contribution is 6.03. The van der Waals surface area contributed by atoms with E-state index in [-0.39, 0.29) is 27.7 Å². The predicted octanol–water partition coefficient (Wildman–Crippen LogP) is 3.56. The van der Waals surface area contributed by atoms with Gasteiger partial charge >= 0.3 is 11.9 Å². The van der Waals surface area contributed by atoms with E-state index in [0.717, 1.165) is 0 Å². The number of carboxylic acids is 1. The third kappa shape index (κ3) is 2.86. The molecule has 0 atom stereocenters. The molecule has 0 radical (unpaired) electrons. The number of aryl methyl sites for hydroxylation is 1. The van der Waals surface area contributed by atoms with Crippen molar-refractivity contribution in [3.8, 4) is 11.3 Å². The summed E-state index contributed by atoms with van der Waals surface area (Å²) in [6.45, 7) is 3.43. The van der Waals surface area contributed by atoms with Crippen LogP contribution in [0, 0.1) is 13.8 Å². The number of methoxy groups -OCH3 is 1. The van der Waals surface area contributed by atoms with Crippen molar-refractivity contribution >= 4 is 22.9 Å². The molecule has 3 rings (SSSR count). The molecule has 0 saturated heterocycles. The van der Waals surface area contributed by atoms with Crippen molar-refractivity contribution in [2.75, 3.05) is 7.11 Å². The number of carboxylic acid groups (broad SMARTS) is 1. The average molecular weight is 352 g/mol. The van der Waals surface area contributed by atoms with E-state index in [1.807, 2.05) is 0 Å². The Bertz CT molecular complexity index is 1090. The van der Waals surface area contributed by atoms with Crippen LogP contribution in [0.3, 0.4) is 0 Å². The molecule has 1 N–H and O–H groups in total. The molecule has 0 aliphatic heterocycles. The van der Waals surface area contributed by atoms with Gasteiger partial charge in [0.25, 0.3) is 0 Å². The average Bonchev–Trinajstić information content (AvgIpc) is 2.62. The van der Waals surface area contributed by atoms with E-state index in [1.165, 1.54) is 13.2 Å². The summed E-state index contributed by atoms with van der Waals surface area (Å²) in [7, 11) is 1.29. The highest BCUT2D eigenvalue weighted by Gasteiger charge is 2.19. The predicted molar refractivity (Wildman–Crippen MR) is 95.7 cm³/mol. The van der Waals surface area contributed by atoms with Gasteiger partial charge in [-0.05, 0) is 43.2 Å². The van der Waals surface area contributed by atoms with Gasteiger partial charge in [0.15, 0.2) is 11.0 Å². The first kappa shape index (κ1) is 17.4.